The number of aromatic nitrogens is 4. The van der Waals surface area contributed by atoms with E-state index >= 15 is 0 Å². The Morgan fingerprint density at radius 1 is 1.33 bits per heavy atom. The zero-order chi connectivity index (χ0) is 18.6. The Morgan fingerprint density at radius 3 is 3.04 bits per heavy atom. The van der Waals surface area contributed by atoms with E-state index in [0.717, 1.165) is 53.1 Å². The van der Waals surface area contributed by atoms with Gasteiger partial charge in [0.05, 0.1) is 29.5 Å². The highest BCUT2D eigenvalue weighted by molar-refractivity contribution is 7.21. The second kappa shape index (κ2) is 6.15. The molecule has 2 aromatic heterocycles. The zero-order valence-corrected chi connectivity index (χ0v) is 16.1. The lowest BCUT2D eigenvalue weighted by molar-refractivity contribution is -0.0993. The largest absolute Gasteiger partial charge is 0.508 e. The summed E-state index contributed by atoms with van der Waals surface area (Å²) in [6.07, 6.45) is 1.01. The SMILES string of the molecule is CC1CN(c2nnc(-c3nc4ccc(O)cc4s3)n2C)CC2(CCOC2)O1. The molecule has 142 valence electrons. The molecule has 0 saturated carbocycles. The highest BCUT2D eigenvalue weighted by atomic mass is 32.1. The van der Waals surface area contributed by atoms with Gasteiger partial charge in [-0.15, -0.1) is 21.5 Å². The molecule has 2 atom stereocenters. The standard InChI is InChI=1S/C18H21N5O3S/c1-11-8-23(9-18(26-11)5-6-25-10-18)17-21-20-15(22(17)2)16-19-13-4-3-12(24)7-14(13)27-16/h3-4,7,11,24H,5-6,8-10H2,1-2H3. The molecule has 2 fully saturated rings. The fourth-order valence-corrected chi connectivity index (χ4v) is 4.99. The highest BCUT2D eigenvalue weighted by Crippen LogP contribution is 2.35. The van der Waals surface area contributed by atoms with Crippen molar-refractivity contribution in [3.8, 4) is 16.6 Å². The predicted molar refractivity (Wildman–Crippen MR) is 102 cm³/mol. The van der Waals surface area contributed by atoms with Gasteiger partial charge in [-0.1, -0.05) is 0 Å². The van der Waals surface area contributed by atoms with Crippen molar-refractivity contribution < 1.29 is 14.6 Å². The number of hydrogen-bond donors (Lipinski definition) is 1. The third kappa shape index (κ3) is 2.86. The minimum absolute atomic E-state index is 0.103. The van der Waals surface area contributed by atoms with Crippen molar-refractivity contribution in [1.82, 2.24) is 19.7 Å². The molecule has 3 aromatic rings. The number of thiazole rings is 1. The first-order chi connectivity index (χ1) is 13.0. The van der Waals surface area contributed by atoms with Gasteiger partial charge in [-0.3, -0.25) is 4.57 Å². The number of anilines is 1. The van der Waals surface area contributed by atoms with Crippen LogP contribution in [0.15, 0.2) is 18.2 Å². The lowest BCUT2D eigenvalue weighted by Crippen LogP contribution is -2.56. The first-order valence-electron chi connectivity index (χ1n) is 9.03. The van der Waals surface area contributed by atoms with Gasteiger partial charge >= 0.3 is 0 Å². The monoisotopic (exact) mass is 387 g/mol. The molecule has 2 unspecified atom stereocenters. The van der Waals surface area contributed by atoms with Gasteiger partial charge < -0.3 is 19.5 Å². The number of phenolic OH excluding ortho intramolecular Hbond substituents is 1. The molecule has 2 saturated heterocycles. The summed E-state index contributed by atoms with van der Waals surface area (Å²) < 4.78 is 14.7. The van der Waals surface area contributed by atoms with E-state index in [9.17, 15) is 5.11 Å². The number of ether oxygens (including phenoxy) is 2. The van der Waals surface area contributed by atoms with Crippen LogP contribution in [0.25, 0.3) is 21.0 Å². The molecule has 8 nitrogen and oxygen atoms in total. The third-order valence-electron chi connectivity index (χ3n) is 5.17. The van der Waals surface area contributed by atoms with Crippen molar-refractivity contribution in [2.24, 2.45) is 7.05 Å². The normalized spacial score (nSPS) is 25.7. The van der Waals surface area contributed by atoms with Crippen LogP contribution in [0.3, 0.4) is 0 Å². The van der Waals surface area contributed by atoms with Crippen LogP contribution >= 0.6 is 11.3 Å². The highest BCUT2D eigenvalue weighted by Gasteiger charge is 2.43. The number of hydrogen-bond acceptors (Lipinski definition) is 8. The summed E-state index contributed by atoms with van der Waals surface area (Å²) >= 11 is 1.50. The van der Waals surface area contributed by atoms with E-state index in [1.807, 2.05) is 17.7 Å². The van der Waals surface area contributed by atoms with Crippen molar-refractivity contribution >= 4 is 27.5 Å². The number of rotatable bonds is 2. The van der Waals surface area contributed by atoms with E-state index in [2.05, 4.69) is 27.0 Å². The fraction of sp³-hybridized carbons (Fsp3) is 0.500. The van der Waals surface area contributed by atoms with E-state index in [1.165, 1.54) is 11.3 Å². The molecule has 1 spiro atoms. The molecule has 27 heavy (non-hydrogen) atoms. The van der Waals surface area contributed by atoms with Crippen molar-refractivity contribution in [3.63, 3.8) is 0 Å². The second-order valence-electron chi connectivity index (χ2n) is 7.35. The number of nitrogens with zero attached hydrogens (tertiary/aromatic N) is 5. The minimum atomic E-state index is -0.253. The van der Waals surface area contributed by atoms with Crippen LogP contribution in [-0.4, -0.2) is 62.9 Å². The van der Waals surface area contributed by atoms with Crippen LogP contribution < -0.4 is 4.90 Å². The maximum absolute atomic E-state index is 9.68. The molecule has 9 heteroatoms. The summed E-state index contributed by atoms with van der Waals surface area (Å²) in [4.78, 5) is 6.88. The summed E-state index contributed by atoms with van der Waals surface area (Å²) in [7, 11) is 1.96. The Labute approximate surface area is 160 Å². The summed E-state index contributed by atoms with van der Waals surface area (Å²) in [6, 6.07) is 5.18. The summed E-state index contributed by atoms with van der Waals surface area (Å²) in [6.45, 7) is 4.96. The number of phenols is 1. The topological polar surface area (TPSA) is 85.5 Å². The van der Waals surface area contributed by atoms with Crippen molar-refractivity contribution in [3.05, 3.63) is 18.2 Å². The van der Waals surface area contributed by atoms with Gasteiger partial charge in [0, 0.05) is 26.6 Å². The number of fused-ring (bicyclic) bond motifs is 1. The molecule has 0 bridgehead atoms. The summed E-state index contributed by atoms with van der Waals surface area (Å²) in [5.41, 5.74) is 0.594. The quantitative estimate of drug-likeness (QED) is 0.721. The van der Waals surface area contributed by atoms with Gasteiger partial charge in [-0.25, -0.2) is 4.98 Å². The van der Waals surface area contributed by atoms with Crippen LogP contribution in [0.5, 0.6) is 5.75 Å². The Balaban J connectivity index is 1.49. The molecule has 0 amide bonds. The van der Waals surface area contributed by atoms with Crippen molar-refractivity contribution in [1.29, 1.82) is 0 Å². The van der Waals surface area contributed by atoms with Gasteiger partial charge in [0.15, 0.2) is 10.8 Å². The Hall–Kier alpha value is -2.23. The first kappa shape index (κ1) is 16.9. The average molecular weight is 387 g/mol. The summed E-state index contributed by atoms with van der Waals surface area (Å²) in [5.74, 6) is 1.78. The Kier molecular flexibility index (Phi) is 3.85. The molecular weight excluding hydrogens is 366 g/mol. The third-order valence-corrected chi connectivity index (χ3v) is 6.19. The van der Waals surface area contributed by atoms with E-state index in [-0.39, 0.29) is 17.5 Å². The minimum Gasteiger partial charge on any atom is -0.508 e. The zero-order valence-electron chi connectivity index (χ0n) is 15.3. The Morgan fingerprint density at radius 2 is 2.22 bits per heavy atom. The lowest BCUT2D eigenvalue weighted by atomic mass is 9.99. The first-order valence-corrected chi connectivity index (χ1v) is 9.84. The second-order valence-corrected chi connectivity index (χ2v) is 8.38. The predicted octanol–water partition coefficient (Wildman–Crippen LogP) is 2.18. The van der Waals surface area contributed by atoms with E-state index in [1.54, 1.807) is 12.1 Å². The number of benzene rings is 1. The van der Waals surface area contributed by atoms with Crippen molar-refractivity contribution in [2.45, 2.75) is 25.0 Å². The van der Waals surface area contributed by atoms with Gasteiger partial charge in [0.25, 0.3) is 0 Å². The van der Waals surface area contributed by atoms with E-state index in [0.29, 0.717) is 6.61 Å². The molecule has 0 radical (unpaired) electrons. The van der Waals surface area contributed by atoms with Gasteiger partial charge in [-0.05, 0) is 25.1 Å². The average Bonchev–Trinajstić information content (AvgIpc) is 3.32. The van der Waals surface area contributed by atoms with Crippen LogP contribution in [0.4, 0.5) is 5.95 Å². The Bertz CT molecular complexity index is 994. The number of aromatic hydroxyl groups is 1. The van der Waals surface area contributed by atoms with Crippen molar-refractivity contribution in [2.75, 3.05) is 31.2 Å². The summed E-state index contributed by atoms with van der Waals surface area (Å²) in [5, 5.41) is 19.3. The van der Waals surface area contributed by atoms with Crippen LogP contribution in [0, 0.1) is 0 Å². The molecule has 0 aliphatic carbocycles. The smallest absolute Gasteiger partial charge is 0.227 e. The van der Waals surface area contributed by atoms with E-state index < -0.39 is 0 Å². The molecule has 2 aliphatic rings. The van der Waals surface area contributed by atoms with Crippen LogP contribution in [0.1, 0.15) is 13.3 Å². The number of morpholine rings is 1. The lowest BCUT2D eigenvalue weighted by Gasteiger charge is -2.42. The maximum atomic E-state index is 9.68. The molecule has 4 heterocycles. The van der Waals surface area contributed by atoms with E-state index in [4.69, 9.17) is 9.47 Å². The molecule has 1 N–H and O–H groups in total. The molecule has 2 aliphatic heterocycles. The molecule has 1 aromatic carbocycles. The van der Waals surface area contributed by atoms with Gasteiger partial charge in [-0.2, -0.15) is 0 Å². The van der Waals surface area contributed by atoms with Gasteiger partial charge in [0.1, 0.15) is 11.4 Å². The van der Waals surface area contributed by atoms with Crippen LogP contribution in [0.2, 0.25) is 0 Å². The van der Waals surface area contributed by atoms with Gasteiger partial charge in [0.2, 0.25) is 5.95 Å². The molecular formula is C18H21N5O3S. The maximum Gasteiger partial charge on any atom is 0.227 e. The molecule has 5 rings (SSSR count). The van der Waals surface area contributed by atoms with Crippen LogP contribution in [-0.2, 0) is 16.5 Å². The fourth-order valence-electron chi connectivity index (χ4n) is 3.97.